The summed E-state index contributed by atoms with van der Waals surface area (Å²) >= 11 is 4.44. The average molecular weight is 530 g/mol. The predicted octanol–water partition coefficient (Wildman–Crippen LogP) is 5.67. The number of benzene rings is 2. The number of para-hydroxylation sites is 1. The normalized spacial score (nSPS) is 11.9. The van der Waals surface area contributed by atoms with Gasteiger partial charge >= 0.3 is 6.18 Å². The molecule has 0 atom stereocenters. The lowest BCUT2D eigenvalue weighted by Gasteiger charge is -2.11. The molecule has 2 aromatic carbocycles. The van der Waals surface area contributed by atoms with Crippen molar-refractivity contribution >= 4 is 57.1 Å². The van der Waals surface area contributed by atoms with Gasteiger partial charge in [-0.15, -0.1) is 0 Å². The number of rotatable bonds is 3. The average Bonchev–Trinajstić information content (AvgIpc) is 2.44. The van der Waals surface area contributed by atoms with Gasteiger partial charge in [-0.2, -0.15) is 18.3 Å². The Labute approximate surface area is 153 Å². The third-order valence-corrected chi connectivity index (χ3v) is 5.18. The lowest BCUT2D eigenvalue weighted by molar-refractivity contribution is -0.136. The Morgan fingerprint density at radius 3 is 2.27 bits per heavy atom. The van der Waals surface area contributed by atoms with Crippen LogP contribution in [0.3, 0.4) is 0 Å². The fraction of sp³-hybridized carbons (Fsp3) is 0.133. The van der Waals surface area contributed by atoms with Crippen LogP contribution >= 0.6 is 45.2 Å². The molecule has 0 unspecified atom stereocenters. The molecule has 0 saturated heterocycles. The van der Waals surface area contributed by atoms with Gasteiger partial charge in [0.2, 0.25) is 0 Å². The standard InChI is InChI=1S/C15H11F3I2N2/c1-9-12(19)6-10(7-13(9)20)8-21-22-14-5-3-2-4-11(14)15(16,17)18/h2-8,22H,1H3/b21-8-. The lowest BCUT2D eigenvalue weighted by Crippen LogP contribution is -2.08. The number of nitrogens with zero attached hydrogens (tertiary/aromatic N) is 1. The van der Waals surface area contributed by atoms with Gasteiger partial charge in [-0.1, -0.05) is 12.1 Å². The van der Waals surface area contributed by atoms with Crippen molar-refractivity contribution in [2.75, 3.05) is 5.43 Å². The summed E-state index contributed by atoms with van der Waals surface area (Å²) in [4.78, 5) is 0. The molecule has 0 fully saturated rings. The van der Waals surface area contributed by atoms with Gasteiger partial charge in [0, 0.05) is 7.14 Å². The summed E-state index contributed by atoms with van der Waals surface area (Å²) in [6.45, 7) is 2.02. The quantitative estimate of drug-likeness (QED) is 0.309. The fourth-order valence-electron chi connectivity index (χ4n) is 1.74. The van der Waals surface area contributed by atoms with Gasteiger partial charge in [0.15, 0.2) is 0 Å². The third-order valence-electron chi connectivity index (χ3n) is 2.93. The zero-order chi connectivity index (χ0) is 16.3. The highest BCUT2D eigenvalue weighted by atomic mass is 127. The van der Waals surface area contributed by atoms with Crippen molar-refractivity contribution in [1.82, 2.24) is 0 Å². The fourth-order valence-corrected chi connectivity index (χ4v) is 3.56. The van der Waals surface area contributed by atoms with E-state index in [9.17, 15) is 13.2 Å². The Morgan fingerprint density at radius 1 is 1.09 bits per heavy atom. The van der Waals surface area contributed by atoms with Crippen molar-refractivity contribution in [3.8, 4) is 0 Å². The maximum Gasteiger partial charge on any atom is 0.418 e. The van der Waals surface area contributed by atoms with Crippen LogP contribution in [0.5, 0.6) is 0 Å². The Bertz CT molecular complexity index is 689. The Kier molecular flexibility index (Phi) is 5.70. The molecule has 0 aromatic heterocycles. The van der Waals surface area contributed by atoms with Crippen molar-refractivity contribution in [3.05, 3.63) is 60.2 Å². The second-order valence-electron chi connectivity index (χ2n) is 4.52. The van der Waals surface area contributed by atoms with Gasteiger partial charge in [-0.25, -0.2) is 0 Å². The highest BCUT2D eigenvalue weighted by Gasteiger charge is 2.33. The third kappa shape index (κ3) is 4.34. The topological polar surface area (TPSA) is 24.4 Å². The first-order valence-electron chi connectivity index (χ1n) is 6.20. The second kappa shape index (κ2) is 7.16. The maximum atomic E-state index is 12.9. The van der Waals surface area contributed by atoms with Crippen LogP contribution in [0.1, 0.15) is 16.7 Å². The largest absolute Gasteiger partial charge is 0.418 e. The molecule has 0 amide bonds. The summed E-state index contributed by atoms with van der Waals surface area (Å²) < 4.78 is 40.7. The minimum absolute atomic E-state index is 0.0669. The Hall–Kier alpha value is -0.840. The van der Waals surface area contributed by atoms with Gasteiger partial charge in [-0.05, 0) is 87.5 Å². The van der Waals surface area contributed by atoms with E-state index in [0.29, 0.717) is 0 Å². The van der Waals surface area contributed by atoms with E-state index >= 15 is 0 Å². The maximum absolute atomic E-state index is 12.9. The zero-order valence-electron chi connectivity index (χ0n) is 11.4. The highest BCUT2D eigenvalue weighted by molar-refractivity contribution is 14.1. The number of hydrogen-bond acceptors (Lipinski definition) is 2. The van der Waals surface area contributed by atoms with Crippen LogP contribution in [0.2, 0.25) is 0 Å². The summed E-state index contributed by atoms with van der Waals surface area (Å²) in [5.41, 5.74) is 3.67. The molecule has 1 N–H and O–H groups in total. The van der Waals surface area contributed by atoms with Crippen LogP contribution in [0, 0.1) is 14.1 Å². The SMILES string of the molecule is Cc1c(I)cc(/C=N\Nc2ccccc2C(F)(F)F)cc1I. The van der Waals surface area contributed by atoms with Crippen LogP contribution in [0.25, 0.3) is 0 Å². The van der Waals surface area contributed by atoms with Crippen LogP contribution in [-0.2, 0) is 6.18 Å². The van der Waals surface area contributed by atoms with Gasteiger partial charge in [0.1, 0.15) is 0 Å². The minimum atomic E-state index is -4.41. The van der Waals surface area contributed by atoms with E-state index in [1.165, 1.54) is 30.0 Å². The summed E-state index contributed by atoms with van der Waals surface area (Å²) in [6, 6.07) is 9.11. The van der Waals surface area contributed by atoms with E-state index in [2.05, 4.69) is 55.7 Å². The number of hydrogen-bond donors (Lipinski definition) is 1. The van der Waals surface area contributed by atoms with Crippen LogP contribution < -0.4 is 5.43 Å². The zero-order valence-corrected chi connectivity index (χ0v) is 15.7. The van der Waals surface area contributed by atoms with Gasteiger partial charge < -0.3 is 0 Å². The van der Waals surface area contributed by atoms with Crippen LogP contribution in [-0.4, -0.2) is 6.21 Å². The minimum Gasteiger partial charge on any atom is -0.278 e. The number of hydrazone groups is 1. The molecule has 2 aromatic rings. The van der Waals surface area contributed by atoms with Crippen molar-refractivity contribution in [2.45, 2.75) is 13.1 Å². The lowest BCUT2D eigenvalue weighted by atomic mass is 10.2. The molecule has 116 valence electrons. The molecule has 0 bridgehead atoms. The second-order valence-corrected chi connectivity index (χ2v) is 6.85. The van der Waals surface area contributed by atoms with E-state index < -0.39 is 11.7 Å². The van der Waals surface area contributed by atoms with Crippen molar-refractivity contribution in [3.63, 3.8) is 0 Å². The first-order chi connectivity index (χ1) is 10.3. The highest BCUT2D eigenvalue weighted by Crippen LogP contribution is 2.34. The van der Waals surface area contributed by atoms with Crippen molar-refractivity contribution < 1.29 is 13.2 Å². The first-order valence-corrected chi connectivity index (χ1v) is 8.35. The molecule has 2 rings (SSSR count). The van der Waals surface area contributed by atoms with Crippen LogP contribution in [0.4, 0.5) is 18.9 Å². The molecule has 2 nitrogen and oxygen atoms in total. The molecule has 0 radical (unpaired) electrons. The van der Waals surface area contributed by atoms with Gasteiger partial charge in [-0.3, -0.25) is 5.43 Å². The number of anilines is 1. The summed E-state index contributed by atoms with van der Waals surface area (Å²) in [7, 11) is 0. The van der Waals surface area contributed by atoms with Crippen molar-refractivity contribution in [2.24, 2.45) is 5.10 Å². The summed E-state index contributed by atoms with van der Waals surface area (Å²) in [5.74, 6) is 0. The first kappa shape index (κ1) is 17.5. The van der Waals surface area contributed by atoms with E-state index in [1.54, 1.807) is 0 Å². The molecule has 0 spiro atoms. The molecule has 7 heteroatoms. The molecular weight excluding hydrogens is 519 g/mol. The molecule has 0 aliphatic carbocycles. The number of halogens is 5. The van der Waals surface area contributed by atoms with E-state index in [1.807, 2.05) is 19.1 Å². The van der Waals surface area contributed by atoms with Gasteiger partial charge in [0.25, 0.3) is 0 Å². The van der Waals surface area contributed by atoms with E-state index in [-0.39, 0.29) is 5.69 Å². The number of alkyl halides is 3. The molecule has 0 heterocycles. The predicted molar refractivity (Wildman–Crippen MR) is 99.3 cm³/mol. The van der Waals surface area contributed by atoms with Gasteiger partial charge in [0.05, 0.1) is 17.5 Å². The molecule has 0 aliphatic rings. The molecule has 22 heavy (non-hydrogen) atoms. The molecular formula is C15H11F3I2N2. The summed E-state index contributed by atoms with van der Waals surface area (Å²) in [5, 5.41) is 3.92. The summed E-state index contributed by atoms with van der Waals surface area (Å²) in [6.07, 6.45) is -2.90. The van der Waals surface area contributed by atoms with Crippen LogP contribution in [0.15, 0.2) is 41.5 Å². The molecule has 0 aliphatic heterocycles. The monoisotopic (exact) mass is 530 g/mol. The Balaban J connectivity index is 2.21. The van der Waals surface area contributed by atoms with E-state index in [0.717, 1.165) is 18.8 Å². The number of nitrogens with one attached hydrogen (secondary N) is 1. The van der Waals surface area contributed by atoms with E-state index in [4.69, 9.17) is 0 Å². The van der Waals surface area contributed by atoms with Crippen molar-refractivity contribution in [1.29, 1.82) is 0 Å². The smallest absolute Gasteiger partial charge is 0.278 e. The molecule has 0 saturated carbocycles. The Morgan fingerprint density at radius 2 is 1.68 bits per heavy atom.